The largest absolute Gasteiger partial charge is 0.449 e. The van der Waals surface area contributed by atoms with Gasteiger partial charge in [-0.3, -0.25) is 4.79 Å². The summed E-state index contributed by atoms with van der Waals surface area (Å²) in [7, 11) is 0. The first-order valence-corrected chi connectivity index (χ1v) is 6.15. The van der Waals surface area contributed by atoms with Gasteiger partial charge >= 0.3 is 5.97 Å². The third-order valence-corrected chi connectivity index (χ3v) is 2.72. The van der Waals surface area contributed by atoms with Gasteiger partial charge < -0.3 is 9.64 Å². The number of hydrogen-bond donors (Lipinski definition) is 0. The summed E-state index contributed by atoms with van der Waals surface area (Å²) in [5.74, 6) is -0.632. The van der Waals surface area contributed by atoms with E-state index in [-0.39, 0.29) is 5.91 Å². The average Bonchev–Trinajstić information content (AvgIpc) is 2.40. The summed E-state index contributed by atoms with van der Waals surface area (Å²) in [5.41, 5.74) is 0.455. The summed E-state index contributed by atoms with van der Waals surface area (Å²) in [6.07, 6.45) is -0.752. The molecule has 18 heavy (non-hydrogen) atoms. The van der Waals surface area contributed by atoms with Crippen molar-refractivity contribution < 1.29 is 14.3 Å². The predicted octanol–water partition coefficient (Wildman–Crippen LogP) is 2.10. The lowest BCUT2D eigenvalue weighted by molar-refractivity contribution is -0.139. The number of likely N-dealkylation sites (N-methyl/N-ethyl adjacent to an activating group) is 1. The number of hydrogen-bond acceptors (Lipinski definition) is 3. The zero-order chi connectivity index (χ0) is 13.5. The van der Waals surface area contributed by atoms with Crippen molar-refractivity contribution in [3.8, 4) is 0 Å². The fourth-order valence-corrected chi connectivity index (χ4v) is 1.65. The van der Waals surface area contributed by atoms with E-state index in [1.807, 2.05) is 19.9 Å². The molecule has 98 valence electrons. The van der Waals surface area contributed by atoms with Crippen LogP contribution in [0.2, 0.25) is 0 Å². The molecule has 4 heteroatoms. The predicted molar refractivity (Wildman–Crippen MR) is 69.2 cm³/mol. The zero-order valence-corrected chi connectivity index (χ0v) is 11.1. The maximum absolute atomic E-state index is 11.9. The summed E-state index contributed by atoms with van der Waals surface area (Å²) in [6, 6.07) is 8.66. The van der Waals surface area contributed by atoms with Gasteiger partial charge in [-0.25, -0.2) is 4.79 Å². The van der Waals surface area contributed by atoms with E-state index >= 15 is 0 Å². The molecule has 0 saturated carbocycles. The summed E-state index contributed by atoms with van der Waals surface area (Å²) >= 11 is 0. The molecule has 0 aliphatic heterocycles. The van der Waals surface area contributed by atoms with Crippen LogP contribution in [0.4, 0.5) is 0 Å². The van der Waals surface area contributed by atoms with Crippen LogP contribution in [-0.4, -0.2) is 36.0 Å². The Morgan fingerprint density at radius 1 is 1.17 bits per heavy atom. The minimum absolute atomic E-state index is 0.163. The van der Waals surface area contributed by atoms with E-state index in [0.29, 0.717) is 18.7 Å². The summed E-state index contributed by atoms with van der Waals surface area (Å²) in [5, 5.41) is 0. The van der Waals surface area contributed by atoms with Gasteiger partial charge in [-0.05, 0) is 32.9 Å². The molecule has 0 spiro atoms. The Morgan fingerprint density at radius 3 is 2.22 bits per heavy atom. The number of amides is 1. The Labute approximate surface area is 108 Å². The maximum Gasteiger partial charge on any atom is 0.338 e. The Hall–Kier alpha value is -1.84. The van der Waals surface area contributed by atoms with Crippen LogP contribution in [-0.2, 0) is 9.53 Å². The Balaban J connectivity index is 2.62. The summed E-state index contributed by atoms with van der Waals surface area (Å²) < 4.78 is 5.15. The van der Waals surface area contributed by atoms with Crippen molar-refractivity contribution in [2.45, 2.75) is 26.9 Å². The highest BCUT2D eigenvalue weighted by Crippen LogP contribution is 2.06. The van der Waals surface area contributed by atoms with E-state index in [2.05, 4.69) is 0 Å². The lowest BCUT2D eigenvalue weighted by atomic mass is 10.2. The molecule has 0 bridgehead atoms. The number of nitrogens with zero attached hydrogens (tertiary/aromatic N) is 1. The average molecular weight is 249 g/mol. The van der Waals surface area contributed by atoms with E-state index in [0.717, 1.165) is 0 Å². The molecule has 0 aliphatic carbocycles. The van der Waals surface area contributed by atoms with Gasteiger partial charge in [0.1, 0.15) is 0 Å². The molecule has 0 aromatic heterocycles. The van der Waals surface area contributed by atoms with Crippen LogP contribution in [0, 0.1) is 0 Å². The molecule has 0 fully saturated rings. The van der Waals surface area contributed by atoms with Gasteiger partial charge in [-0.15, -0.1) is 0 Å². The minimum atomic E-state index is -0.752. The standard InChI is InChI=1S/C14H19NO3/c1-4-15(5-2)13(16)11(3)18-14(17)12-9-7-6-8-10-12/h6-11H,4-5H2,1-3H3/t11-/m0/s1. The van der Waals surface area contributed by atoms with E-state index in [4.69, 9.17) is 4.74 Å². The van der Waals surface area contributed by atoms with Crippen LogP contribution in [0.25, 0.3) is 0 Å². The Kier molecular flexibility index (Phi) is 5.36. The van der Waals surface area contributed by atoms with Crippen molar-refractivity contribution in [2.24, 2.45) is 0 Å². The van der Waals surface area contributed by atoms with Gasteiger partial charge in [0.2, 0.25) is 0 Å². The number of carbonyl (C=O) groups excluding carboxylic acids is 2. The van der Waals surface area contributed by atoms with Crippen molar-refractivity contribution in [3.05, 3.63) is 35.9 Å². The smallest absolute Gasteiger partial charge is 0.338 e. The third kappa shape index (κ3) is 3.58. The minimum Gasteiger partial charge on any atom is -0.449 e. The molecule has 0 radical (unpaired) electrons. The van der Waals surface area contributed by atoms with Gasteiger partial charge in [0.15, 0.2) is 6.10 Å². The molecule has 0 unspecified atom stereocenters. The molecular weight excluding hydrogens is 230 g/mol. The van der Waals surface area contributed by atoms with Gasteiger partial charge in [0, 0.05) is 13.1 Å². The van der Waals surface area contributed by atoms with Gasteiger partial charge in [0.25, 0.3) is 5.91 Å². The van der Waals surface area contributed by atoms with Crippen molar-refractivity contribution in [2.75, 3.05) is 13.1 Å². The highest BCUT2D eigenvalue weighted by atomic mass is 16.5. The van der Waals surface area contributed by atoms with Crippen molar-refractivity contribution in [3.63, 3.8) is 0 Å². The third-order valence-electron chi connectivity index (χ3n) is 2.72. The van der Waals surface area contributed by atoms with Crippen LogP contribution in [0.3, 0.4) is 0 Å². The number of esters is 1. The first-order valence-electron chi connectivity index (χ1n) is 6.15. The number of rotatable bonds is 5. The zero-order valence-electron chi connectivity index (χ0n) is 11.1. The first-order chi connectivity index (χ1) is 8.60. The molecule has 0 aliphatic rings. The van der Waals surface area contributed by atoms with Gasteiger partial charge in [0.05, 0.1) is 5.56 Å². The molecule has 0 saturated heterocycles. The number of carbonyl (C=O) groups is 2. The fraction of sp³-hybridized carbons (Fsp3) is 0.429. The number of benzene rings is 1. The first kappa shape index (κ1) is 14.2. The second-order valence-electron chi connectivity index (χ2n) is 3.92. The van der Waals surface area contributed by atoms with Crippen LogP contribution < -0.4 is 0 Å². The normalized spacial score (nSPS) is 11.7. The van der Waals surface area contributed by atoms with E-state index < -0.39 is 12.1 Å². The quantitative estimate of drug-likeness (QED) is 0.751. The molecular formula is C14H19NO3. The van der Waals surface area contributed by atoms with Crippen molar-refractivity contribution >= 4 is 11.9 Å². The summed E-state index contributed by atoms with van der Waals surface area (Å²) in [6.45, 7) is 6.62. The molecule has 1 aromatic carbocycles. The molecule has 1 aromatic rings. The monoisotopic (exact) mass is 249 g/mol. The van der Waals surface area contributed by atoms with E-state index in [1.165, 1.54) is 0 Å². The summed E-state index contributed by atoms with van der Waals surface area (Å²) in [4.78, 5) is 25.3. The SMILES string of the molecule is CCN(CC)C(=O)[C@H](C)OC(=O)c1ccccc1. The number of ether oxygens (including phenoxy) is 1. The topological polar surface area (TPSA) is 46.6 Å². The molecule has 1 amide bonds. The van der Waals surface area contributed by atoms with Crippen molar-refractivity contribution in [1.82, 2.24) is 4.90 Å². The van der Waals surface area contributed by atoms with Crippen LogP contribution in [0.15, 0.2) is 30.3 Å². The van der Waals surface area contributed by atoms with Gasteiger partial charge in [-0.2, -0.15) is 0 Å². The Bertz CT molecular complexity index is 399. The van der Waals surface area contributed by atoms with Gasteiger partial charge in [-0.1, -0.05) is 18.2 Å². The highest BCUT2D eigenvalue weighted by molar-refractivity contribution is 5.92. The molecule has 0 N–H and O–H groups in total. The lowest BCUT2D eigenvalue weighted by Crippen LogP contribution is -2.39. The van der Waals surface area contributed by atoms with Crippen LogP contribution >= 0.6 is 0 Å². The molecule has 1 rings (SSSR count). The second kappa shape index (κ2) is 6.79. The highest BCUT2D eigenvalue weighted by Gasteiger charge is 2.22. The molecule has 0 heterocycles. The van der Waals surface area contributed by atoms with E-state index in [1.54, 1.807) is 36.1 Å². The Morgan fingerprint density at radius 2 is 1.72 bits per heavy atom. The van der Waals surface area contributed by atoms with E-state index in [9.17, 15) is 9.59 Å². The second-order valence-corrected chi connectivity index (χ2v) is 3.92. The molecule has 1 atom stereocenters. The maximum atomic E-state index is 11.9. The lowest BCUT2D eigenvalue weighted by Gasteiger charge is -2.22. The fourth-order valence-electron chi connectivity index (χ4n) is 1.65. The van der Waals surface area contributed by atoms with Crippen LogP contribution in [0.5, 0.6) is 0 Å². The molecule has 4 nitrogen and oxygen atoms in total. The van der Waals surface area contributed by atoms with Crippen LogP contribution in [0.1, 0.15) is 31.1 Å². The van der Waals surface area contributed by atoms with Crippen molar-refractivity contribution in [1.29, 1.82) is 0 Å².